The number of aliphatic hydroxyl groups excluding tert-OH is 1. The van der Waals surface area contributed by atoms with Gasteiger partial charge in [0.2, 0.25) is 0 Å². The summed E-state index contributed by atoms with van der Waals surface area (Å²) in [6.45, 7) is 5.24. The summed E-state index contributed by atoms with van der Waals surface area (Å²) >= 11 is 0. The summed E-state index contributed by atoms with van der Waals surface area (Å²) < 4.78 is 1.78. The first-order valence-corrected chi connectivity index (χ1v) is 5.73. The van der Waals surface area contributed by atoms with E-state index in [0.717, 1.165) is 0 Å². The Morgan fingerprint density at radius 3 is 2.88 bits per heavy atom. The molecule has 1 heterocycles. The summed E-state index contributed by atoms with van der Waals surface area (Å²) in [4.78, 5) is 17.7. The van der Waals surface area contributed by atoms with Crippen LogP contribution < -0.4 is 5.73 Å². The molecule has 0 aliphatic heterocycles. The summed E-state index contributed by atoms with van der Waals surface area (Å²) in [7, 11) is 0. The van der Waals surface area contributed by atoms with Crippen LogP contribution in [0.2, 0.25) is 0 Å². The summed E-state index contributed by atoms with van der Waals surface area (Å²) in [5.41, 5.74) is 5.81. The second kappa shape index (κ2) is 6.36. The van der Waals surface area contributed by atoms with Gasteiger partial charge < -0.3 is 20.3 Å². The molecule has 0 fully saturated rings. The van der Waals surface area contributed by atoms with Crippen molar-refractivity contribution in [3.05, 3.63) is 18.2 Å². The zero-order valence-electron chi connectivity index (χ0n) is 10.3. The van der Waals surface area contributed by atoms with Gasteiger partial charge in [0.25, 0.3) is 5.91 Å². The fourth-order valence-electron chi connectivity index (χ4n) is 1.59. The van der Waals surface area contributed by atoms with Gasteiger partial charge in [-0.25, -0.2) is 4.98 Å². The predicted octanol–water partition coefficient (Wildman–Crippen LogP) is -0.315. The van der Waals surface area contributed by atoms with E-state index in [-0.39, 0.29) is 18.6 Å². The Balaban J connectivity index is 2.78. The molecule has 1 aromatic rings. The van der Waals surface area contributed by atoms with Gasteiger partial charge in [0.05, 0.1) is 12.9 Å². The Morgan fingerprint density at radius 1 is 1.65 bits per heavy atom. The van der Waals surface area contributed by atoms with Crippen LogP contribution in [0.1, 0.15) is 24.3 Å². The van der Waals surface area contributed by atoms with Gasteiger partial charge in [-0.3, -0.25) is 4.79 Å². The Bertz CT molecular complexity index is 362. The van der Waals surface area contributed by atoms with Crippen LogP contribution >= 0.6 is 0 Å². The third-order valence-corrected chi connectivity index (χ3v) is 2.46. The molecule has 0 unspecified atom stereocenters. The average molecular weight is 240 g/mol. The zero-order chi connectivity index (χ0) is 12.8. The van der Waals surface area contributed by atoms with Gasteiger partial charge in [0.1, 0.15) is 5.69 Å². The molecule has 0 spiro atoms. The number of nitrogens with two attached hydrogens (primary N) is 1. The quantitative estimate of drug-likeness (QED) is 0.714. The van der Waals surface area contributed by atoms with Crippen LogP contribution in [0.15, 0.2) is 12.5 Å². The predicted molar refractivity (Wildman–Crippen MR) is 64.5 cm³/mol. The Hall–Kier alpha value is -1.40. The first-order valence-electron chi connectivity index (χ1n) is 5.73. The topological polar surface area (TPSA) is 84.4 Å². The molecule has 96 valence electrons. The lowest BCUT2D eigenvalue weighted by Gasteiger charge is -2.24. The number of carbonyl (C=O) groups excluding carboxylic acids is 1. The summed E-state index contributed by atoms with van der Waals surface area (Å²) in [5.74, 6) is -0.162. The molecule has 6 nitrogen and oxygen atoms in total. The van der Waals surface area contributed by atoms with Gasteiger partial charge in [0.15, 0.2) is 0 Å². The Labute approximate surface area is 101 Å². The van der Waals surface area contributed by atoms with Crippen LogP contribution in [-0.4, -0.2) is 51.2 Å². The van der Waals surface area contributed by atoms with Crippen molar-refractivity contribution in [3.8, 4) is 0 Å². The van der Waals surface area contributed by atoms with Crippen LogP contribution in [0.25, 0.3) is 0 Å². The number of amides is 1. The van der Waals surface area contributed by atoms with Gasteiger partial charge in [0, 0.05) is 31.9 Å². The van der Waals surface area contributed by atoms with Crippen LogP contribution in [-0.2, 0) is 6.54 Å². The molecule has 17 heavy (non-hydrogen) atoms. The fourth-order valence-corrected chi connectivity index (χ4v) is 1.59. The molecule has 0 aliphatic rings. The molecular formula is C11H20N4O2. The molecule has 0 saturated carbocycles. The van der Waals surface area contributed by atoms with E-state index in [2.05, 4.69) is 4.98 Å². The van der Waals surface area contributed by atoms with Crippen molar-refractivity contribution in [2.24, 2.45) is 5.73 Å². The van der Waals surface area contributed by atoms with Crippen molar-refractivity contribution in [3.63, 3.8) is 0 Å². The smallest absolute Gasteiger partial charge is 0.274 e. The SMILES string of the molecule is CC(C)N(CCO)C(=O)c1cn(CCN)cn1. The normalized spacial score (nSPS) is 10.9. The fraction of sp³-hybridized carbons (Fsp3) is 0.636. The lowest BCUT2D eigenvalue weighted by molar-refractivity contribution is 0.0660. The maximum absolute atomic E-state index is 12.1. The minimum atomic E-state index is -0.162. The van der Waals surface area contributed by atoms with Gasteiger partial charge in [-0.2, -0.15) is 0 Å². The highest BCUT2D eigenvalue weighted by atomic mass is 16.3. The first-order chi connectivity index (χ1) is 8.10. The van der Waals surface area contributed by atoms with Crippen LogP contribution in [0.3, 0.4) is 0 Å². The van der Waals surface area contributed by atoms with E-state index in [1.165, 1.54) is 0 Å². The molecule has 1 amide bonds. The van der Waals surface area contributed by atoms with Gasteiger partial charge in [-0.15, -0.1) is 0 Å². The number of hydrogen-bond donors (Lipinski definition) is 2. The number of carbonyl (C=O) groups is 1. The van der Waals surface area contributed by atoms with E-state index in [1.54, 1.807) is 22.0 Å². The highest BCUT2D eigenvalue weighted by Crippen LogP contribution is 2.06. The molecular weight excluding hydrogens is 220 g/mol. The van der Waals surface area contributed by atoms with Crippen molar-refractivity contribution in [1.82, 2.24) is 14.5 Å². The van der Waals surface area contributed by atoms with E-state index < -0.39 is 0 Å². The van der Waals surface area contributed by atoms with E-state index >= 15 is 0 Å². The highest BCUT2D eigenvalue weighted by molar-refractivity contribution is 5.92. The van der Waals surface area contributed by atoms with E-state index in [1.807, 2.05) is 13.8 Å². The number of imidazole rings is 1. The molecule has 0 atom stereocenters. The highest BCUT2D eigenvalue weighted by Gasteiger charge is 2.20. The lowest BCUT2D eigenvalue weighted by Crippen LogP contribution is -2.39. The molecule has 1 rings (SSSR count). The summed E-state index contributed by atoms with van der Waals surface area (Å²) in [5, 5.41) is 8.93. The summed E-state index contributed by atoms with van der Waals surface area (Å²) in [6.07, 6.45) is 3.28. The number of aliphatic hydroxyl groups is 1. The van der Waals surface area contributed by atoms with Crippen molar-refractivity contribution < 1.29 is 9.90 Å². The minimum Gasteiger partial charge on any atom is -0.395 e. The first kappa shape index (κ1) is 13.7. The Morgan fingerprint density at radius 2 is 2.35 bits per heavy atom. The number of hydrogen-bond acceptors (Lipinski definition) is 4. The molecule has 0 saturated heterocycles. The maximum Gasteiger partial charge on any atom is 0.274 e. The molecule has 0 bridgehead atoms. The largest absolute Gasteiger partial charge is 0.395 e. The van der Waals surface area contributed by atoms with Crippen molar-refractivity contribution in [1.29, 1.82) is 0 Å². The van der Waals surface area contributed by atoms with Crippen molar-refractivity contribution in [2.75, 3.05) is 19.7 Å². The second-order valence-electron chi connectivity index (χ2n) is 4.10. The Kier molecular flexibility index (Phi) is 5.11. The van der Waals surface area contributed by atoms with Crippen molar-refractivity contribution >= 4 is 5.91 Å². The molecule has 3 N–H and O–H groups in total. The van der Waals surface area contributed by atoms with Crippen LogP contribution in [0, 0.1) is 0 Å². The minimum absolute atomic E-state index is 0.0364. The zero-order valence-corrected chi connectivity index (χ0v) is 10.3. The van der Waals surface area contributed by atoms with Crippen LogP contribution in [0.4, 0.5) is 0 Å². The van der Waals surface area contributed by atoms with Gasteiger partial charge >= 0.3 is 0 Å². The van der Waals surface area contributed by atoms with Gasteiger partial charge in [-0.1, -0.05) is 0 Å². The standard InChI is InChI=1S/C11H20N4O2/c1-9(2)15(5-6-16)11(17)10-7-14(4-3-12)8-13-10/h7-9,16H,3-6,12H2,1-2H3. The second-order valence-corrected chi connectivity index (χ2v) is 4.10. The third-order valence-electron chi connectivity index (χ3n) is 2.46. The van der Waals surface area contributed by atoms with Crippen molar-refractivity contribution in [2.45, 2.75) is 26.4 Å². The maximum atomic E-state index is 12.1. The molecule has 6 heteroatoms. The third kappa shape index (κ3) is 3.54. The molecule has 0 aromatic carbocycles. The summed E-state index contributed by atoms with van der Waals surface area (Å²) in [6, 6.07) is 0.0364. The van der Waals surface area contributed by atoms with Crippen LogP contribution in [0.5, 0.6) is 0 Å². The molecule has 0 aliphatic carbocycles. The molecule has 0 radical (unpaired) electrons. The lowest BCUT2D eigenvalue weighted by atomic mass is 10.3. The number of rotatable bonds is 6. The number of nitrogens with zero attached hydrogens (tertiary/aromatic N) is 3. The number of aromatic nitrogens is 2. The van der Waals surface area contributed by atoms with Gasteiger partial charge in [-0.05, 0) is 13.8 Å². The molecule has 1 aromatic heterocycles. The average Bonchev–Trinajstić information content (AvgIpc) is 2.73. The van der Waals surface area contributed by atoms with E-state index in [4.69, 9.17) is 10.8 Å². The monoisotopic (exact) mass is 240 g/mol. The van der Waals surface area contributed by atoms with E-state index in [0.29, 0.717) is 25.3 Å². The van der Waals surface area contributed by atoms with E-state index in [9.17, 15) is 4.79 Å².